The molecule has 5 aromatic rings. The van der Waals surface area contributed by atoms with Crippen LogP contribution in [0.15, 0.2) is 73.2 Å². The highest BCUT2D eigenvalue weighted by atomic mass is 19.2. The van der Waals surface area contributed by atoms with Crippen molar-refractivity contribution in [2.45, 2.75) is 0 Å². The van der Waals surface area contributed by atoms with E-state index in [1.54, 1.807) is 18.5 Å². The summed E-state index contributed by atoms with van der Waals surface area (Å²) in [6, 6.07) is 9.20. The topological polar surface area (TPSA) is 102 Å². The lowest BCUT2D eigenvalue weighted by Gasteiger charge is -2.12. The molecule has 2 N–H and O–H groups in total. The van der Waals surface area contributed by atoms with E-state index in [1.807, 2.05) is 0 Å². The molecule has 0 atom stereocenters. The number of urea groups is 1. The minimum atomic E-state index is -1.32. The quantitative estimate of drug-likeness (QED) is 0.251. The molecule has 0 saturated carbocycles. The second kappa shape index (κ2) is 9.49. The maximum absolute atomic E-state index is 15.2. The lowest BCUT2D eigenvalue weighted by atomic mass is 10.0. The number of halogens is 4. The van der Waals surface area contributed by atoms with Gasteiger partial charge >= 0.3 is 6.03 Å². The van der Waals surface area contributed by atoms with Gasteiger partial charge in [-0.15, -0.1) is 0 Å². The van der Waals surface area contributed by atoms with Crippen LogP contribution in [0.5, 0.6) is 0 Å². The highest BCUT2D eigenvalue weighted by Crippen LogP contribution is 2.25. The van der Waals surface area contributed by atoms with Crippen LogP contribution < -0.4 is 10.6 Å². The third-order valence-electron chi connectivity index (χ3n) is 5.27. The molecule has 12 heteroatoms. The average Bonchev–Trinajstić information content (AvgIpc) is 3.42. The smallest absolute Gasteiger partial charge is 0.308 e. The van der Waals surface area contributed by atoms with Crippen molar-refractivity contribution in [1.29, 1.82) is 0 Å². The van der Waals surface area contributed by atoms with E-state index in [-0.39, 0.29) is 11.3 Å². The Morgan fingerprint density at radius 2 is 1.65 bits per heavy atom. The number of nitrogens with one attached hydrogen (secondary N) is 2. The lowest BCUT2D eigenvalue weighted by molar-refractivity contribution is 0.103. The van der Waals surface area contributed by atoms with Gasteiger partial charge < -0.3 is 10.6 Å². The summed E-state index contributed by atoms with van der Waals surface area (Å²) < 4.78 is 57.7. The van der Waals surface area contributed by atoms with E-state index >= 15 is 4.39 Å². The van der Waals surface area contributed by atoms with E-state index in [2.05, 4.69) is 25.7 Å². The number of ketones is 1. The van der Waals surface area contributed by atoms with Gasteiger partial charge in [0.05, 0.1) is 28.5 Å². The van der Waals surface area contributed by atoms with Crippen LogP contribution in [0.1, 0.15) is 15.9 Å². The highest BCUT2D eigenvalue weighted by Gasteiger charge is 2.23. The molecule has 184 valence electrons. The van der Waals surface area contributed by atoms with Crippen LogP contribution in [-0.2, 0) is 0 Å². The molecular formula is C25H14F4N6O2. The van der Waals surface area contributed by atoms with E-state index in [4.69, 9.17) is 0 Å². The summed E-state index contributed by atoms with van der Waals surface area (Å²) in [4.78, 5) is 34.0. The number of carbonyl (C=O) groups is 2. The number of hydrogen-bond donors (Lipinski definition) is 2. The minimum absolute atomic E-state index is 0.0689. The molecule has 0 spiro atoms. The Morgan fingerprint density at radius 3 is 2.41 bits per heavy atom. The molecule has 2 amide bonds. The number of anilines is 2. The van der Waals surface area contributed by atoms with Crippen LogP contribution in [0.4, 0.5) is 33.7 Å². The fourth-order valence-corrected chi connectivity index (χ4v) is 3.52. The van der Waals surface area contributed by atoms with Crippen molar-refractivity contribution in [3.05, 3.63) is 108 Å². The van der Waals surface area contributed by atoms with Gasteiger partial charge in [0.2, 0.25) is 0 Å². The Morgan fingerprint density at radius 1 is 0.838 bits per heavy atom. The van der Waals surface area contributed by atoms with E-state index in [9.17, 15) is 22.8 Å². The van der Waals surface area contributed by atoms with Crippen LogP contribution in [0.25, 0.3) is 16.9 Å². The molecule has 3 aromatic carbocycles. The molecule has 8 nitrogen and oxygen atoms in total. The van der Waals surface area contributed by atoms with Gasteiger partial charge in [-0.05, 0) is 48.5 Å². The second-order valence-electron chi connectivity index (χ2n) is 7.70. The van der Waals surface area contributed by atoms with Crippen molar-refractivity contribution >= 4 is 34.2 Å². The first-order chi connectivity index (χ1) is 17.8. The van der Waals surface area contributed by atoms with Crippen molar-refractivity contribution in [1.82, 2.24) is 19.7 Å². The number of benzene rings is 3. The zero-order valence-electron chi connectivity index (χ0n) is 18.5. The zero-order chi connectivity index (χ0) is 26.1. The third kappa shape index (κ3) is 4.72. The third-order valence-corrected chi connectivity index (χ3v) is 5.27. The molecule has 37 heavy (non-hydrogen) atoms. The minimum Gasteiger partial charge on any atom is -0.308 e. The summed E-state index contributed by atoms with van der Waals surface area (Å²) in [5.74, 6) is -5.40. The summed E-state index contributed by atoms with van der Waals surface area (Å²) in [6.07, 6.45) is 4.68. The normalized spacial score (nSPS) is 10.9. The molecule has 0 saturated heterocycles. The largest absolute Gasteiger partial charge is 0.323 e. The summed E-state index contributed by atoms with van der Waals surface area (Å²) in [7, 11) is 0. The Balaban J connectivity index is 1.43. The van der Waals surface area contributed by atoms with E-state index in [0.29, 0.717) is 16.9 Å². The Labute approximate surface area is 205 Å². The zero-order valence-corrected chi connectivity index (χ0v) is 18.5. The molecular weight excluding hydrogens is 492 g/mol. The summed E-state index contributed by atoms with van der Waals surface area (Å²) in [6.45, 7) is 0. The monoisotopic (exact) mass is 506 g/mol. The standard InChI is InChI=1S/C25H14F4N6O2/c26-15-4-3-14(11-17(15)28)32-25(37)34-19-7-5-16(27)22(23(19)29)24(36)13-2-6-18-20(10-13)33-21(12-30-18)35-9-1-8-31-35/h1-12H,(H2,32,34,37). The fraction of sp³-hybridized carbons (Fsp3) is 0. The van der Waals surface area contributed by atoms with Crippen LogP contribution in [0.2, 0.25) is 0 Å². The number of nitrogens with zero attached hydrogens (tertiary/aromatic N) is 4. The molecule has 5 rings (SSSR count). The molecule has 2 heterocycles. The first kappa shape index (κ1) is 23.6. The molecule has 0 fully saturated rings. The molecule has 2 aromatic heterocycles. The first-order valence-corrected chi connectivity index (χ1v) is 10.6. The predicted molar refractivity (Wildman–Crippen MR) is 125 cm³/mol. The number of amides is 2. The Bertz CT molecular complexity index is 1670. The average molecular weight is 506 g/mol. The van der Waals surface area contributed by atoms with E-state index in [1.165, 1.54) is 29.1 Å². The van der Waals surface area contributed by atoms with Crippen LogP contribution in [0, 0.1) is 23.3 Å². The molecule has 0 unspecified atom stereocenters. The van der Waals surface area contributed by atoms with Gasteiger partial charge in [0.15, 0.2) is 29.1 Å². The maximum atomic E-state index is 15.2. The number of carbonyl (C=O) groups excluding carboxylic acids is 2. The van der Waals surface area contributed by atoms with Gasteiger partial charge in [-0.3, -0.25) is 9.78 Å². The van der Waals surface area contributed by atoms with Crippen LogP contribution >= 0.6 is 0 Å². The molecule has 0 aliphatic carbocycles. The van der Waals surface area contributed by atoms with Gasteiger partial charge in [-0.2, -0.15) is 5.10 Å². The van der Waals surface area contributed by atoms with Crippen LogP contribution in [0.3, 0.4) is 0 Å². The maximum Gasteiger partial charge on any atom is 0.323 e. The molecule has 0 aliphatic heterocycles. The first-order valence-electron chi connectivity index (χ1n) is 10.6. The highest BCUT2D eigenvalue weighted by molar-refractivity contribution is 6.11. The number of rotatable bonds is 5. The molecule has 0 aliphatic rings. The van der Waals surface area contributed by atoms with Crippen molar-refractivity contribution in [3.63, 3.8) is 0 Å². The SMILES string of the molecule is O=C(Nc1ccc(F)c(F)c1)Nc1ccc(F)c(C(=O)c2ccc3ncc(-n4cccn4)nc3c2)c1F. The Hall–Kier alpha value is -5.13. The predicted octanol–water partition coefficient (Wildman–Crippen LogP) is 5.25. The number of hydrogen-bond acceptors (Lipinski definition) is 5. The van der Waals surface area contributed by atoms with Crippen molar-refractivity contribution in [2.24, 2.45) is 0 Å². The Kier molecular flexibility index (Phi) is 6.05. The molecule has 0 radical (unpaired) electrons. The summed E-state index contributed by atoms with van der Waals surface area (Å²) in [5.41, 5.74) is -0.854. The van der Waals surface area contributed by atoms with Gasteiger partial charge in [0.1, 0.15) is 5.82 Å². The van der Waals surface area contributed by atoms with Gasteiger partial charge in [0.25, 0.3) is 0 Å². The number of fused-ring (bicyclic) bond motifs is 1. The van der Waals surface area contributed by atoms with E-state index < -0.39 is 46.3 Å². The van der Waals surface area contributed by atoms with Crippen molar-refractivity contribution in [2.75, 3.05) is 10.6 Å². The van der Waals surface area contributed by atoms with Gasteiger partial charge in [-0.1, -0.05) is 0 Å². The number of aromatic nitrogens is 4. The lowest BCUT2D eigenvalue weighted by Crippen LogP contribution is -2.21. The summed E-state index contributed by atoms with van der Waals surface area (Å²) in [5, 5.41) is 8.38. The molecule has 0 bridgehead atoms. The van der Waals surface area contributed by atoms with Gasteiger partial charge in [-0.25, -0.2) is 32.0 Å². The summed E-state index contributed by atoms with van der Waals surface area (Å²) >= 11 is 0. The van der Waals surface area contributed by atoms with Crippen molar-refractivity contribution < 1.29 is 27.2 Å². The second-order valence-corrected chi connectivity index (χ2v) is 7.70. The fourth-order valence-electron chi connectivity index (χ4n) is 3.52. The van der Waals surface area contributed by atoms with E-state index in [0.717, 1.165) is 30.3 Å². The van der Waals surface area contributed by atoms with Gasteiger partial charge in [0, 0.05) is 29.7 Å². The van der Waals surface area contributed by atoms with Crippen LogP contribution in [-0.4, -0.2) is 31.6 Å². The van der Waals surface area contributed by atoms with Crippen molar-refractivity contribution in [3.8, 4) is 5.82 Å².